The number of aromatic nitrogens is 2. The van der Waals surface area contributed by atoms with E-state index >= 15 is 0 Å². The van der Waals surface area contributed by atoms with Gasteiger partial charge in [0.25, 0.3) is 5.91 Å². The predicted octanol–water partition coefficient (Wildman–Crippen LogP) is 3.43. The Morgan fingerprint density at radius 3 is 2.72 bits per heavy atom. The summed E-state index contributed by atoms with van der Waals surface area (Å²) in [5, 5.41) is 5.16. The Bertz CT molecular complexity index is 756. The minimum atomic E-state index is 0.0762. The zero-order valence-corrected chi connectivity index (χ0v) is 15.8. The minimum Gasteiger partial charge on any atom is -0.337 e. The molecule has 1 saturated heterocycles. The van der Waals surface area contributed by atoms with Crippen molar-refractivity contribution in [1.29, 1.82) is 0 Å². The first-order valence-electron chi connectivity index (χ1n) is 8.79. The number of hydrogen-bond donors (Lipinski definition) is 0. The molecule has 0 unspecified atom stereocenters. The van der Waals surface area contributed by atoms with Gasteiger partial charge in [0.2, 0.25) is 0 Å². The second kappa shape index (κ2) is 7.58. The van der Waals surface area contributed by atoms with Gasteiger partial charge in [0, 0.05) is 24.7 Å². The number of benzene rings is 1. The van der Waals surface area contributed by atoms with E-state index in [-0.39, 0.29) is 11.8 Å². The van der Waals surface area contributed by atoms with E-state index in [4.69, 9.17) is 11.6 Å². The highest BCUT2D eigenvalue weighted by atomic mass is 35.5. The number of rotatable bonds is 3. The first-order valence-corrected chi connectivity index (χ1v) is 9.17. The summed E-state index contributed by atoms with van der Waals surface area (Å²) in [7, 11) is 2.10. The van der Waals surface area contributed by atoms with E-state index in [2.05, 4.69) is 30.9 Å². The monoisotopic (exact) mass is 360 g/mol. The van der Waals surface area contributed by atoms with Crippen molar-refractivity contribution in [1.82, 2.24) is 19.6 Å². The zero-order chi connectivity index (χ0) is 18.0. The first kappa shape index (κ1) is 18.0. The third-order valence-electron chi connectivity index (χ3n) is 4.64. The van der Waals surface area contributed by atoms with Gasteiger partial charge < -0.3 is 9.80 Å². The van der Waals surface area contributed by atoms with Crippen molar-refractivity contribution in [2.75, 3.05) is 33.2 Å². The molecule has 1 aromatic carbocycles. The molecular weight excluding hydrogens is 336 g/mol. The number of hydrogen-bond acceptors (Lipinski definition) is 3. The topological polar surface area (TPSA) is 41.4 Å². The van der Waals surface area contributed by atoms with Crippen molar-refractivity contribution in [2.45, 2.75) is 26.2 Å². The molecular formula is C19H25ClN4O. The fourth-order valence-electron chi connectivity index (χ4n) is 3.31. The van der Waals surface area contributed by atoms with Gasteiger partial charge in [-0.05, 0) is 44.1 Å². The quantitative estimate of drug-likeness (QED) is 0.842. The van der Waals surface area contributed by atoms with Crippen molar-refractivity contribution in [3.05, 3.63) is 46.7 Å². The van der Waals surface area contributed by atoms with Gasteiger partial charge in [-0.3, -0.25) is 4.79 Å². The molecule has 6 heteroatoms. The maximum Gasteiger partial charge on any atom is 0.257 e. The van der Waals surface area contributed by atoms with Gasteiger partial charge in [0.05, 0.1) is 23.1 Å². The summed E-state index contributed by atoms with van der Waals surface area (Å²) in [5.74, 6) is 0.252. The molecule has 1 fully saturated rings. The van der Waals surface area contributed by atoms with Gasteiger partial charge >= 0.3 is 0 Å². The molecule has 0 saturated carbocycles. The lowest BCUT2D eigenvalue weighted by Gasteiger charge is -2.21. The Hall–Kier alpha value is -1.85. The fraction of sp³-hybridized carbons (Fsp3) is 0.474. The van der Waals surface area contributed by atoms with Crippen LogP contribution >= 0.6 is 11.6 Å². The van der Waals surface area contributed by atoms with Crippen LogP contribution in [0.4, 0.5) is 0 Å². The molecule has 0 bridgehead atoms. The van der Waals surface area contributed by atoms with Crippen LogP contribution in [0.5, 0.6) is 0 Å². The van der Waals surface area contributed by atoms with E-state index in [1.807, 2.05) is 33.8 Å². The fourth-order valence-corrected chi connectivity index (χ4v) is 3.50. The number of carbonyl (C=O) groups excluding carboxylic acids is 1. The van der Waals surface area contributed by atoms with Crippen molar-refractivity contribution >= 4 is 17.5 Å². The predicted molar refractivity (Wildman–Crippen MR) is 101 cm³/mol. The summed E-state index contributed by atoms with van der Waals surface area (Å²) in [6, 6.07) is 7.56. The number of amides is 1. The van der Waals surface area contributed by atoms with Gasteiger partial charge in [-0.25, -0.2) is 4.68 Å². The molecule has 0 N–H and O–H groups in total. The van der Waals surface area contributed by atoms with E-state index in [1.54, 1.807) is 6.20 Å². The molecule has 0 spiro atoms. The molecule has 1 aromatic heterocycles. The number of carbonyl (C=O) groups is 1. The molecule has 2 heterocycles. The smallest absolute Gasteiger partial charge is 0.257 e. The average Bonchev–Trinajstić information content (AvgIpc) is 2.91. The summed E-state index contributed by atoms with van der Waals surface area (Å²) in [5.41, 5.74) is 2.51. The zero-order valence-electron chi connectivity index (χ0n) is 15.1. The first-order chi connectivity index (χ1) is 12.0. The molecule has 3 rings (SSSR count). The molecule has 134 valence electrons. The lowest BCUT2D eigenvalue weighted by atomic mass is 10.0. The lowest BCUT2D eigenvalue weighted by molar-refractivity contribution is 0.0761. The maximum atomic E-state index is 13.1. The van der Waals surface area contributed by atoms with E-state index in [9.17, 15) is 4.79 Å². The Balaban J connectivity index is 1.95. The SMILES string of the molecule is CC(C)c1c(C(=O)N2CCCN(C)CC2)cnn1-c1cccc(Cl)c1. The maximum absolute atomic E-state index is 13.1. The van der Waals surface area contributed by atoms with E-state index in [0.29, 0.717) is 10.6 Å². The van der Waals surface area contributed by atoms with E-state index < -0.39 is 0 Å². The van der Waals surface area contributed by atoms with Crippen LogP contribution in [0.1, 0.15) is 42.2 Å². The largest absolute Gasteiger partial charge is 0.337 e. The van der Waals surface area contributed by atoms with Gasteiger partial charge in [-0.2, -0.15) is 5.10 Å². The van der Waals surface area contributed by atoms with Crippen LogP contribution in [0.25, 0.3) is 5.69 Å². The Kier molecular flexibility index (Phi) is 5.45. The van der Waals surface area contributed by atoms with Crippen molar-refractivity contribution in [3.8, 4) is 5.69 Å². The van der Waals surface area contributed by atoms with Crippen LogP contribution in [-0.2, 0) is 0 Å². The Labute approximate surface area is 154 Å². The van der Waals surface area contributed by atoms with E-state index in [1.165, 1.54) is 0 Å². The summed E-state index contributed by atoms with van der Waals surface area (Å²) >= 11 is 6.13. The third kappa shape index (κ3) is 3.88. The highest BCUT2D eigenvalue weighted by molar-refractivity contribution is 6.30. The molecule has 2 aromatic rings. The van der Waals surface area contributed by atoms with Gasteiger partial charge in [-0.1, -0.05) is 31.5 Å². The van der Waals surface area contributed by atoms with Crippen LogP contribution in [0.2, 0.25) is 5.02 Å². The van der Waals surface area contributed by atoms with Crippen molar-refractivity contribution in [3.63, 3.8) is 0 Å². The molecule has 25 heavy (non-hydrogen) atoms. The standard InChI is InChI=1S/C19H25ClN4O/c1-14(2)18-17(19(25)23-9-5-8-22(3)10-11-23)13-21-24(18)16-7-4-6-15(20)12-16/h4,6-7,12-14H,5,8-11H2,1-3H3. The normalized spacial score (nSPS) is 16.3. The second-order valence-corrected chi connectivity index (χ2v) is 7.38. The molecule has 1 aliphatic heterocycles. The van der Waals surface area contributed by atoms with Crippen LogP contribution in [0.3, 0.4) is 0 Å². The summed E-state index contributed by atoms with van der Waals surface area (Å²) in [6.45, 7) is 7.67. The minimum absolute atomic E-state index is 0.0762. The van der Waals surface area contributed by atoms with Crippen LogP contribution < -0.4 is 0 Å². The Morgan fingerprint density at radius 2 is 2.00 bits per heavy atom. The number of likely N-dealkylation sites (N-methyl/N-ethyl adjacent to an activating group) is 1. The second-order valence-electron chi connectivity index (χ2n) is 6.94. The van der Waals surface area contributed by atoms with Crippen LogP contribution in [0, 0.1) is 0 Å². The molecule has 1 aliphatic rings. The molecule has 0 aliphatic carbocycles. The van der Waals surface area contributed by atoms with Crippen LogP contribution in [-0.4, -0.2) is 58.7 Å². The summed E-state index contributed by atoms with van der Waals surface area (Å²) < 4.78 is 1.84. The summed E-state index contributed by atoms with van der Waals surface area (Å²) in [4.78, 5) is 17.3. The van der Waals surface area contributed by atoms with Crippen molar-refractivity contribution < 1.29 is 4.79 Å². The number of nitrogens with zero attached hydrogens (tertiary/aromatic N) is 4. The molecule has 5 nitrogen and oxygen atoms in total. The highest BCUT2D eigenvalue weighted by Crippen LogP contribution is 2.25. The molecule has 0 atom stereocenters. The van der Waals surface area contributed by atoms with Gasteiger partial charge in [-0.15, -0.1) is 0 Å². The van der Waals surface area contributed by atoms with Gasteiger partial charge in [0.15, 0.2) is 0 Å². The third-order valence-corrected chi connectivity index (χ3v) is 4.88. The van der Waals surface area contributed by atoms with Crippen LogP contribution in [0.15, 0.2) is 30.5 Å². The molecule has 0 radical (unpaired) electrons. The average molecular weight is 361 g/mol. The van der Waals surface area contributed by atoms with E-state index in [0.717, 1.165) is 44.0 Å². The highest BCUT2D eigenvalue weighted by Gasteiger charge is 2.26. The Morgan fingerprint density at radius 1 is 1.20 bits per heavy atom. The molecule has 1 amide bonds. The lowest BCUT2D eigenvalue weighted by Crippen LogP contribution is -2.35. The number of halogens is 1. The summed E-state index contributed by atoms with van der Waals surface area (Å²) in [6.07, 6.45) is 2.70. The van der Waals surface area contributed by atoms with Gasteiger partial charge in [0.1, 0.15) is 0 Å². The van der Waals surface area contributed by atoms with Crippen molar-refractivity contribution in [2.24, 2.45) is 0 Å².